The molecule has 0 aromatic carbocycles. The Hall–Kier alpha value is -3.29. The van der Waals surface area contributed by atoms with E-state index in [0.717, 1.165) is 18.5 Å². The standard InChI is InChI=1S/C24H27N7O/c1-5-24-14-23(24,4)15(2)13-31(19(24)21-27-11-12-28-30-21)22(32)18-17(8-7-16(3)29-18)20-25-9-6-10-26-20/h6-12,15,19H,5,13-14H2,1-4H3. The van der Waals surface area contributed by atoms with Crippen molar-refractivity contribution in [3.63, 3.8) is 0 Å². The Morgan fingerprint density at radius 1 is 1.16 bits per heavy atom. The molecule has 0 N–H and O–H groups in total. The first-order valence-electron chi connectivity index (χ1n) is 11.1. The number of aryl methyl sites for hydroxylation is 1. The maximum Gasteiger partial charge on any atom is 0.273 e. The molecular weight excluding hydrogens is 402 g/mol. The molecule has 32 heavy (non-hydrogen) atoms. The van der Waals surface area contributed by atoms with Gasteiger partial charge in [-0.25, -0.2) is 19.9 Å². The minimum atomic E-state index is -0.248. The van der Waals surface area contributed by atoms with Crippen LogP contribution in [0.1, 0.15) is 61.7 Å². The zero-order valence-electron chi connectivity index (χ0n) is 18.9. The third-order valence-electron chi connectivity index (χ3n) is 7.77. The van der Waals surface area contributed by atoms with E-state index in [1.165, 1.54) is 0 Å². The molecule has 4 heterocycles. The summed E-state index contributed by atoms with van der Waals surface area (Å²) in [5.41, 5.74) is 1.85. The van der Waals surface area contributed by atoms with Gasteiger partial charge in [-0.1, -0.05) is 20.8 Å². The van der Waals surface area contributed by atoms with Crippen LogP contribution >= 0.6 is 0 Å². The summed E-state index contributed by atoms with van der Waals surface area (Å²) < 4.78 is 0. The van der Waals surface area contributed by atoms with E-state index in [-0.39, 0.29) is 22.8 Å². The summed E-state index contributed by atoms with van der Waals surface area (Å²) in [6.07, 6.45) is 8.55. The van der Waals surface area contributed by atoms with Crippen LogP contribution < -0.4 is 0 Å². The lowest BCUT2D eigenvalue weighted by molar-refractivity contribution is 0.00987. The normalized spacial score (nSPS) is 28.8. The molecule has 8 nitrogen and oxygen atoms in total. The Labute approximate surface area is 187 Å². The van der Waals surface area contributed by atoms with Crippen LogP contribution in [0.3, 0.4) is 0 Å². The monoisotopic (exact) mass is 429 g/mol. The van der Waals surface area contributed by atoms with E-state index in [1.54, 1.807) is 30.9 Å². The van der Waals surface area contributed by atoms with Crippen LogP contribution in [0.4, 0.5) is 0 Å². The maximum atomic E-state index is 14.1. The highest BCUT2D eigenvalue weighted by molar-refractivity contribution is 5.98. The number of carbonyl (C=O) groups is 1. The second kappa shape index (κ2) is 7.39. The van der Waals surface area contributed by atoms with Crippen molar-refractivity contribution in [1.82, 2.24) is 35.0 Å². The van der Waals surface area contributed by atoms with Gasteiger partial charge in [0.1, 0.15) is 11.7 Å². The molecule has 1 saturated heterocycles. The van der Waals surface area contributed by atoms with Crippen molar-refractivity contribution < 1.29 is 4.79 Å². The number of hydrogen-bond donors (Lipinski definition) is 0. The molecule has 0 radical (unpaired) electrons. The van der Waals surface area contributed by atoms with E-state index in [0.29, 0.717) is 35.4 Å². The predicted molar refractivity (Wildman–Crippen MR) is 118 cm³/mol. The quantitative estimate of drug-likeness (QED) is 0.624. The molecule has 164 valence electrons. The van der Waals surface area contributed by atoms with Crippen molar-refractivity contribution in [2.24, 2.45) is 16.7 Å². The van der Waals surface area contributed by atoms with Gasteiger partial charge in [-0.05, 0) is 49.3 Å². The summed E-state index contributed by atoms with van der Waals surface area (Å²) >= 11 is 0. The molecule has 3 aromatic heterocycles. The van der Waals surface area contributed by atoms with Gasteiger partial charge in [0.05, 0.1) is 11.8 Å². The topological polar surface area (TPSA) is 97.7 Å². The first-order chi connectivity index (χ1) is 15.4. The highest BCUT2D eigenvalue weighted by atomic mass is 16.2. The smallest absolute Gasteiger partial charge is 0.273 e. The molecule has 1 aliphatic heterocycles. The number of nitrogens with zero attached hydrogens (tertiary/aromatic N) is 7. The molecule has 5 rings (SSSR count). The minimum absolute atomic E-state index is 0.0728. The van der Waals surface area contributed by atoms with Crippen LogP contribution in [0.5, 0.6) is 0 Å². The number of rotatable bonds is 4. The molecule has 1 saturated carbocycles. The number of aromatic nitrogens is 6. The summed E-state index contributed by atoms with van der Waals surface area (Å²) in [4.78, 5) is 34.0. The lowest BCUT2D eigenvalue weighted by atomic mass is 9.73. The summed E-state index contributed by atoms with van der Waals surface area (Å²) in [6, 6.07) is 5.27. The average Bonchev–Trinajstić information content (AvgIpc) is 3.47. The molecule has 2 fully saturated rings. The molecule has 4 atom stereocenters. The Morgan fingerprint density at radius 3 is 2.62 bits per heavy atom. The van der Waals surface area contributed by atoms with E-state index in [1.807, 2.05) is 24.0 Å². The van der Waals surface area contributed by atoms with Gasteiger partial charge in [-0.15, -0.1) is 5.10 Å². The third-order valence-corrected chi connectivity index (χ3v) is 7.77. The fraction of sp³-hybridized carbons (Fsp3) is 0.458. The Balaban J connectivity index is 1.64. The lowest BCUT2D eigenvalue weighted by Gasteiger charge is -2.46. The second-order valence-electron chi connectivity index (χ2n) is 9.29. The molecule has 0 spiro atoms. The van der Waals surface area contributed by atoms with E-state index in [4.69, 9.17) is 0 Å². The molecule has 4 unspecified atom stereocenters. The summed E-state index contributed by atoms with van der Waals surface area (Å²) in [5.74, 6) is 1.30. The number of hydrogen-bond acceptors (Lipinski definition) is 7. The summed E-state index contributed by atoms with van der Waals surface area (Å²) in [5, 5.41) is 8.43. The third kappa shape index (κ3) is 2.92. The first-order valence-corrected chi connectivity index (χ1v) is 11.1. The van der Waals surface area contributed by atoms with Crippen LogP contribution in [0.25, 0.3) is 11.4 Å². The van der Waals surface area contributed by atoms with Gasteiger partial charge in [-0.2, -0.15) is 5.10 Å². The average molecular weight is 430 g/mol. The molecule has 0 bridgehead atoms. The van der Waals surface area contributed by atoms with Crippen LogP contribution in [-0.2, 0) is 0 Å². The van der Waals surface area contributed by atoms with E-state index >= 15 is 0 Å². The fourth-order valence-corrected chi connectivity index (χ4v) is 5.75. The number of pyridine rings is 1. The van der Waals surface area contributed by atoms with Gasteiger partial charge in [-0.3, -0.25) is 4.79 Å². The molecular formula is C24H27N7O. The number of fused-ring (bicyclic) bond motifs is 1. The van der Waals surface area contributed by atoms with Crippen molar-refractivity contribution >= 4 is 5.91 Å². The van der Waals surface area contributed by atoms with Crippen LogP contribution in [0.2, 0.25) is 0 Å². The van der Waals surface area contributed by atoms with Crippen LogP contribution in [0, 0.1) is 23.7 Å². The first kappa shape index (κ1) is 20.6. The van der Waals surface area contributed by atoms with Crippen LogP contribution in [-0.4, -0.2) is 47.5 Å². The predicted octanol–water partition coefficient (Wildman–Crippen LogP) is 3.67. The molecule has 3 aromatic rings. The van der Waals surface area contributed by atoms with Crippen molar-refractivity contribution in [3.05, 3.63) is 60.2 Å². The summed E-state index contributed by atoms with van der Waals surface area (Å²) in [7, 11) is 0. The molecule has 2 aliphatic rings. The van der Waals surface area contributed by atoms with E-state index < -0.39 is 0 Å². The maximum absolute atomic E-state index is 14.1. The van der Waals surface area contributed by atoms with Crippen molar-refractivity contribution in [1.29, 1.82) is 0 Å². The zero-order chi connectivity index (χ0) is 22.5. The van der Waals surface area contributed by atoms with E-state index in [2.05, 4.69) is 50.9 Å². The molecule has 8 heteroatoms. The van der Waals surface area contributed by atoms with Crippen molar-refractivity contribution in [3.8, 4) is 11.4 Å². The SMILES string of the molecule is CCC12CC1(C)C(C)CN(C(=O)c1nc(C)ccc1-c1ncccn1)C2c1nccnn1. The van der Waals surface area contributed by atoms with Gasteiger partial charge >= 0.3 is 0 Å². The zero-order valence-corrected chi connectivity index (χ0v) is 18.9. The second-order valence-corrected chi connectivity index (χ2v) is 9.29. The largest absolute Gasteiger partial charge is 0.326 e. The fourth-order valence-electron chi connectivity index (χ4n) is 5.75. The number of carbonyl (C=O) groups excluding carboxylic acids is 1. The highest BCUT2D eigenvalue weighted by Crippen LogP contribution is 2.77. The van der Waals surface area contributed by atoms with E-state index in [9.17, 15) is 4.79 Å². The van der Waals surface area contributed by atoms with Gasteiger partial charge in [0.2, 0.25) is 0 Å². The highest BCUT2D eigenvalue weighted by Gasteiger charge is 2.73. The summed E-state index contributed by atoms with van der Waals surface area (Å²) in [6.45, 7) is 9.27. The van der Waals surface area contributed by atoms with Gasteiger partial charge < -0.3 is 4.90 Å². The van der Waals surface area contributed by atoms with Crippen LogP contribution in [0.15, 0.2) is 43.0 Å². The number of amides is 1. The van der Waals surface area contributed by atoms with Gasteiger partial charge in [0, 0.05) is 36.2 Å². The number of likely N-dealkylation sites (tertiary alicyclic amines) is 1. The van der Waals surface area contributed by atoms with Gasteiger partial charge in [0.25, 0.3) is 5.91 Å². The van der Waals surface area contributed by atoms with Crippen molar-refractivity contribution in [2.45, 2.75) is 46.6 Å². The number of piperidine rings is 1. The minimum Gasteiger partial charge on any atom is -0.326 e. The Morgan fingerprint density at radius 2 is 1.94 bits per heavy atom. The van der Waals surface area contributed by atoms with Gasteiger partial charge in [0.15, 0.2) is 11.6 Å². The lowest BCUT2D eigenvalue weighted by Crippen LogP contribution is -2.50. The molecule has 1 aliphatic carbocycles. The Kier molecular flexibility index (Phi) is 4.76. The Bertz CT molecular complexity index is 1160. The molecule has 1 amide bonds. The van der Waals surface area contributed by atoms with Crippen molar-refractivity contribution in [2.75, 3.05) is 6.54 Å².